The predicted molar refractivity (Wildman–Crippen MR) is 65.6 cm³/mol. The minimum atomic E-state index is 0.0264. The molecule has 2 aromatic rings. The van der Waals surface area contributed by atoms with Gasteiger partial charge < -0.3 is 5.73 Å². The number of aromatic nitrogens is 3. The van der Waals surface area contributed by atoms with Gasteiger partial charge in [-0.25, -0.2) is 4.98 Å². The van der Waals surface area contributed by atoms with Crippen molar-refractivity contribution in [3.63, 3.8) is 0 Å². The SMILES string of the molecule is Cc1nnc(Sc2cc([C@H](C)N)ccn2)s1. The highest BCUT2D eigenvalue weighted by Crippen LogP contribution is 2.29. The van der Waals surface area contributed by atoms with Crippen LogP contribution in [0.5, 0.6) is 0 Å². The maximum atomic E-state index is 5.82. The standard InChI is InChI=1S/C10H12N4S2/c1-6(11)8-3-4-12-9(5-8)16-10-14-13-7(2)15-10/h3-6H,11H2,1-2H3/t6-/m0/s1. The molecule has 0 amide bonds. The summed E-state index contributed by atoms with van der Waals surface area (Å²) >= 11 is 3.08. The second kappa shape index (κ2) is 4.90. The highest BCUT2D eigenvalue weighted by molar-refractivity contribution is 8.01. The molecule has 0 spiro atoms. The van der Waals surface area contributed by atoms with Gasteiger partial charge in [0.25, 0.3) is 0 Å². The molecule has 2 aromatic heterocycles. The Balaban J connectivity index is 2.18. The minimum Gasteiger partial charge on any atom is -0.324 e. The fourth-order valence-electron chi connectivity index (χ4n) is 1.17. The minimum absolute atomic E-state index is 0.0264. The molecule has 0 aromatic carbocycles. The lowest BCUT2D eigenvalue weighted by molar-refractivity contribution is 0.808. The first-order valence-corrected chi connectivity index (χ1v) is 6.48. The maximum Gasteiger partial charge on any atom is 0.180 e. The van der Waals surface area contributed by atoms with Crippen molar-refractivity contribution in [3.8, 4) is 0 Å². The van der Waals surface area contributed by atoms with E-state index in [-0.39, 0.29) is 6.04 Å². The van der Waals surface area contributed by atoms with Crippen LogP contribution in [0.25, 0.3) is 0 Å². The van der Waals surface area contributed by atoms with Crippen LogP contribution in [0.3, 0.4) is 0 Å². The topological polar surface area (TPSA) is 64.7 Å². The lowest BCUT2D eigenvalue weighted by Gasteiger charge is -2.05. The fraction of sp³-hybridized carbons (Fsp3) is 0.300. The van der Waals surface area contributed by atoms with Gasteiger partial charge in [0.05, 0.1) is 0 Å². The molecule has 0 bridgehead atoms. The molecule has 0 radical (unpaired) electrons. The summed E-state index contributed by atoms with van der Waals surface area (Å²) in [6.07, 6.45) is 1.77. The highest BCUT2D eigenvalue weighted by atomic mass is 32.2. The van der Waals surface area contributed by atoms with E-state index < -0.39 is 0 Å². The first kappa shape index (κ1) is 11.5. The van der Waals surface area contributed by atoms with Crippen LogP contribution in [0.4, 0.5) is 0 Å². The van der Waals surface area contributed by atoms with Crippen LogP contribution in [0, 0.1) is 6.92 Å². The monoisotopic (exact) mass is 252 g/mol. The summed E-state index contributed by atoms with van der Waals surface area (Å²) in [5.74, 6) is 0. The zero-order valence-corrected chi connectivity index (χ0v) is 10.7. The van der Waals surface area contributed by atoms with E-state index in [1.54, 1.807) is 17.5 Å². The summed E-state index contributed by atoms with van der Waals surface area (Å²) in [6, 6.07) is 3.95. The molecule has 2 rings (SSSR count). The number of rotatable bonds is 3. The van der Waals surface area contributed by atoms with Crippen molar-refractivity contribution < 1.29 is 0 Å². The van der Waals surface area contributed by atoms with Gasteiger partial charge in [-0.3, -0.25) is 0 Å². The maximum absolute atomic E-state index is 5.82. The lowest BCUT2D eigenvalue weighted by Crippen LogP contribution is -2.04. The Labute approximate surface area is 102 Å². The Morgan fingerprint density at radius 2 is 2.25 bits per heavy atom. The van der Waals surface area contributed by atoms with Gasteiger partial charge in [0.1, 0.15) is 10.0 Å². The predicted octanol–water partition coefficient (Wildman–Crippen LogP) is 2.41. The number of hydrogen-bond donors (Lipinski definition) is 1. The van der Waals surface area contributed by atoms with Crippen molar-refractivity contribution in [3.05, 3.63) is 28.9 Å². The van der Waals surface area contributed by atoms with Crippen molar-refractivity contribution in [2.75, 3.05) is 0 Å². The normalized spacial score (nSPS) is 12.7. The van der Waals surface area contributed by atoms with Crippen LogP contribution in [-0.2, 0) is 0 Å². The molecule has 16 heavy (non-hydrogen) atoms. The fourth-order valence-corrected chi connectivity index (χ4v) is 2.94. The summed E-state index contributed by atoms with van der Waals surface area (Å²) in [6.45, 7) is 3.90. The molecule has 2 N–H and O–H groups in total. The van der Waals surface area contributed by atoms with Gasteiger partial charge in [-0.05, 0) is 43.3 Å². The number of hydrogen-bond acceptors (Lipinski definition) is 6. The van der Waals surface area contributed by atoms with Gasteiger partial charge in [-0.2, -0.15) is 0 Å². The molecule has 0 saturated carbocycles. The smallest absolute Gasteiger partial charge is 0.180 e. The molecule has 2 heterocycles. The van der Waals surface area contributed by atoms with E-state index in [0.717, 1.165) is 19.9 Å². The lowest BCUT2D eigenvalue weighted by atomic mass is 10.1. The summed E-state index contributed by atoms with van der Waals surface area (Å²) in [5, 5.41) is 9.88. The Morgan fingerprint density at radius 3 is 2.88 bits per heavy atom. The van der Waals surface area contributed by atoms with Crippen LogP contribution < -0.4 is 5.73 Å². The van der Waals surface area contributed by atoms with Crippen molar-refractivity contribution in [1.82, 2.24) is 15.2 Å². The van der Waals surface area contributed by atoms with E-state index in [4.69, 9.17) is 5.73 Å². The van der Waals surface area contributed by atoms with E-state index in [1.165, 1.54) is 11.8 Å². The molecule has 4 nitrogen and oxygen atoms in total. The van der Waals surface area contributed by atoms with Crippen molar-refractivity contribution in [1.29, 1.82) is 0 Å². The average molecular weight is 252 g/mol. The first-order chi connectivity index (χ1) is 7.65. The van der Waals surface area contributed by atoms with E-state index in [9.17, 15) is 0 Å². The third kappa shape index (κ3) is 2.78. The third-order valence-corrected chi connectivity index (χ3v) is 3.81. The largest absolute Gasteiger partial charge is 0.324 e. The summed E-state index contributed by atoms with van der Waals surface area (Å²) in [5.41, 5.74) is 6.90. The molecule has 0 aliphatic heterocycles. The van der Waals surface area contributed by atoms with Crippen LogP contribution in [0.1, 0.15) is 23.5 Å². The molecule has 6 heteroatoms. The second-order valence-corrected chi connectivity index (χ2v) is 5.85. The summed E-state index contributed by atoms with van der Waals surface area (Å²) in [4.78, 5) is 4.27. The number of nitrogens with two attached hydrogens (primary N) is 1. The van der Waals surface area contributed by atoms with Crippen LogP contribution in [0.2, 0.25) is 0 Å². The number of aryl methyl sites for hydroxylation is 1. The van der Waals surface area contributed by atoms with Gasteiger partial charge in [-0.15, -0.1) is 10.2 Å². The Kier molecular flexibility index (Phi) is 3.52. The van der Waals surface area contributed by atoms with E-state index >= 15 is 0 Å². The highest BCUT2D eigenvalue weighted by Gasteiger charge is 2.06. The van der Waals surface area contributed by atoms with Gasteiger partial charge >= 0.3 is 0 Å². The van der Waals surface area contributed by atoms with Crippen molar-refractivity contribution >= 4 is 23.1 Å². The van der Waals surface area contributed by atoms with Crippen molar-refractivity contribution in [2.24, 2.45) is 5.73 Å². The van der Waals surface area contributed by atoms with Crippen LogP contribution >= 0.6 is 23.1 Å². The average Bonchev–Trinajstić information content (AvgIpc) is 2.64. The summed E-state index contributed by atoms with van der Waals surface area (Å²) in [7, 11) is 0. The van der Waals surface area contributed by atoms with Gasteiger partial charge in [0.15, 0.2) is 4.34 Å². The quantitative estimate of drug-likeness (QED) is 0.908. The molecule has 1 atom stereocenters. The number of pyridine rings is 1. The van der Waals surface area contributed by atoms with Gasteiger partial charge in [-0.1, -0.05) is 11.3 Å². The Hall–Kier alpha value is -0.980. The molecule has 0 aliphatic rings. The Bertz CT molecular complexity index is 481. The first-order valence-electron chi connectivity index (χ1n) is 4.84. The van der Waals surface area contributed by atoms with E-state index in [2.05, 4.69) is 15.2 Å². The second-order valence-electron chi connectivity index (χ2n) is 3.41. The van der Waals surface area contributed by atoms with Crippen LogP contribution in [0.15, 0.2) is 27.7 Å². The zero-order valence-electron chi connectivity index (χ0n) is 9.04. The molecule has 0 fully saturated rings. The van der Waals surface area contributed by atoms with Crippen molar-refractivity contribution in [2.45, 2.75) is 29.3 Å². The van der Waals surface area contributed by atoms with Gasteiger partial charge in [0, 0.05) is 12.2 Å². The van der Waals surface area contributed by atoms with E-state index in [1.807, 2.05) is 26.0 Å². The molecule has 0 aliphatic carbocycles. The van der Waals surface area contributed by atoms with E-state index in [0.29, 0.717) is 0 Å². The molecule has 0 unspecified atom stereocenters. The molecule has 0 saturated heterocycles. The Morgan fingerprint density at radius 1 is 1.44 bits per heavy atom. The van der Waals surface area contributed by atoms with Crippen LogP contribution in [-0.4, -0.2) is 15.2 Å². The molecular formula is C10H12N4S2. The molecule has 84 valence electrons. The zero-order chi connectivity index (χ0) is 11.5. The summed E-state index contributed by atoms with van der Waals surface area (Å²) < 4.78 is 0.909. The molecular weight excluding hydrogens is 240 g/mol. The number of nitrogens with zero attached hydrogens (tertiary/aromatic N) is 3. The van der Waals surface area contributed by atoms with Gasteiger partial charge in [0.2, 0.25) is 0 Å². The third-order valence-electron chi connectivity index (χ3n) is 1.98.